The van der Waals surface area contributed by atoms with Crippen LogP contribution in [-0.4, -0.2) is 21.6 Å². The van der Waals surface area contributed by atoms with Gasteiger partial charge in [0.25, 0.3) is 5.89 Å². The van der Waals surface area contributed by atoms with Gasteiger partial charge in [0.1, 0.15) is 11.7 Å². The van der Waals surface area contributed by atoms with Crippen molar-refractivity contribution in [1.29, 1.82) is 0 Å². The molecule has 3 rings (SSSR count). The molecule has 2 heterocycles. The first-order valence-electron chi connectivity index (χ1n) is 6.84. The Kier molecular flexibility index (Phi) is 3.70. The van der Waals surface area contributed by atoms with Gasteiger partial charge in [-0.1, -0.05) is 19.3 Å². The van der Waals surface area contributed by atoms with Crippen LogP contribution in [0.1, 0.15) is 56.3 Å². The molecule has 2 aliphatic rings. The van der Waals surface area contributed by atoms with Gasteiger partial charge in [-0.25, -0.2) is 0 Å². The van der Waals surface area contributed by atoms with Gasteiger partial charge in [-0.3, -0.25) is 4.99 Å². The fourth-order valence-electron chi connectivity index (χ4n) is 2.80. The Morgan fingerprint density at radius 3 is 2.79 bits per heavy atom. The molecule has 102 valence electrons. The second-order valence-electron chi connectivity index (χ2n) is 5.09. The summed E-state index contributed by atoms with van der Waals surface area (Å²) < 4.78 is 5.65. The Morgan fingerprint density at radius 1 is 1.26 bits per heavy atom. The largest absolute Gasteiger partial charge is 0.417 e. The molecular formula is C13H18N4O2. The highest BCUT2D eigenvalue weighted by molar-refractivity contribution is 5.78. The van der Waals surface area contributed by atoms with Gasteiger partial charge < -0.3 is 9.62 Å². The molecule has 2 N–H and O–H groups in total. The molecule has 1 aliphatic heterocycles. The van der Waals surface area contributed by atoms with Gasteiger partial charge in [0.15, 0.2) is 0 Å². The van der Waals surface area contributed by atoms with E-state index >= 15 is 0 Å². The van der Waals surface area contributed by atoms with E-state index in [0.29, 0.717) is 17.7 Å². The van der Waals surface area contributed by atoms with Crippen molar-refractivity contribution < 1.29 is 9.62 Å². The Morgan fingerprint density at radius 2 is 2.11 bits per heavy atom. The summed E-state index contributed by atoms with van der Waals surface area (Å²) in [7, 11) is 0. The zero-order valence-corrected chi connectivity index (χ0v) is 10.7. The number of nitrogens with one attached hydrogen (secondary N) is 1. The first-order valence-corrected chi connectivity index (χ1v) is 6.84. The van der Waals surface area contributed by atoms with E-state index in [1.54, 1.807) is 0 Å². The molecule has 6 nitrogen and oxygen atoms in total. The lowest BCUT2D eigenvalue weighted by Gasteiger charge is -2.26. The van der Waals surface area contributed by atoms with Crippen LogP contribution in [0.15, 0.2) is 15.5 Å². The maximum absolute atomic E-state index is 9.38. The van der Waals surface area contributed by atoms with Crippen LogP contribution in [0.25, 0.3) is 5.70 Å². The van der Waals surface area contributed by atoms with Crippen LogP contribution in [0.2, 0.25) is 0 Å². The Bertz CT molecular complexity index is 489. The van der Waals surface area contributed by atoms with Gasteiger partial charge in [0, 0.05) is 12.6 Å². The summed E-state index contributed by atoms with van der Waals surface area (Å²) in [5, 5.41) is 17.4. The zero-order valence-electron chi connectivity index (χ0n) is 10.7. The average molecular weight is 262 g/mol. The highest BCUT2D eigenvalue weighted by Gasteiger charge is 2.29. The Balaban J connectivity index is 1.77. The maximum Gasteiger partial charge on any atom is 0.266 e. The van der Waals surface area contributed by atoms with E-state index in [1.165, 1.54) is 19.3 Å². The Hall–Kier alpha value is -1.53. The molecule has 0 spiro atoms. The number of hydroxylamine groups is 1. The van der Waals surface area contributed by atoms with Crippen molar-refractivity contribution >= 4 is 11.9 Å². The van der Waals surface area contributed by atoms with Crippen molar-refractivity contribution in [2.24, 2.45) is 10.9 Å². The van der Waals surface area contributed by atoms with Crippen molar-refractivity contribution in [3.63, 3.8) is 0 Å². The van der Waals surface area contributed by atoms with Crippen LogP contribution in [0.5, 0.6) is 0 Å². The van der Waals surface area contributed by atoms with E-state index in [2.05, 4.69) is 20.7 Å². The molecule has 1 aromatic rings. The Labute approximate surface area is 111 Å². The number of aliphatic imine (C=N–C) groups is 1. The molecule has 0 unspecified atom stereocenters. The number of hydrogen-bond donors (Lipinski definition) is 2. The monoisotopic (exact) mass is 262 g/mol. The van der Waals surface area contributed by atoms with Crippen molar-refractivity contribution in [1.82, 2.24) is 15.7 Å². The molecule has 0 radical (unpaired) electrons. The predicted molar refractivity (Wildman–Crippen MR) is 69.6 cm³/mol. The van der Waals surface area contributed by atoms with Crippen LogP contribution in [0.4, 0.5) is 0 Å². The van der Waals surface area contributed by atoms with E-state index in [-0.39, 0.29) is 6.04 Å². The molecule has 1 aliphatic carbocycles. The minimum absolute atomic E-state index is 0.271. The summed E-state index contributed by atoms with van der Waals surface area (Å²) in [6.07, 6.45) is 10.4. The maximum atomic E-state index is 9.38. The lowest BCUT2D eigenvalue weighted by molar-refractivity contribution is 0.0699. The minimum Gasteiger partial charge on any atom is -0.417 e. The van der Waals surface area contributed by atoms with Crippen LogP contribution in [0, 0.1) is 5.92 Å². The SMILES string of the molecule is ON[C@H](c1nnc(C2=CCC=N2)o1)C1CCCCC1. The summed E-state index contributed by atoms with van der Waals surface area (Å²) >= 11 is 0. The summed E-state index contributed by atoms with van der Waals surface area (Å²) in [5.41, 5.74) is 3.06. The number of hydrogen-bond acceptors (Lipinski definition) is 6. The van der Waals surface area contributed by atoms with Gasteiger partial charge in [-0.15, -0.1) is 10.2 Å². The summed E-state index contributed by atoms with van der Waals surface area (Å²) in [6, 6.07) is -0.271. The standard InChI is InChI=1S/C13H18N4O2/c18-17-11(9-5-2-1-3-6-9)13-16-15-12(19-13)10-7-4-8-14-10/h7-9,11,17-18H,1-6H2/t11-/m0/s1. The van der Waals surface area contributed by atoms with Crippen LogP contribution in [0.3, 0.4) is 0 Å². The fraction of sp³-hybridized carbons (Fsp3) is 0.615. The van der Waals surface area contributed by atoms with E-state index in [9.17, 15) is 5.21 Å². The fourth-order valence-corrected chi connectivity index (χ4v) is 2.80. The van der Waals surface area contributed by atoms with Crippen LogP contribution >= 0.6 is 0 Å². The molecule has 6 heteroatoms. The topological polar surface area (TPSA) is 83.5 Å². The van der Waals surface area contributed by atoms with E-state index in [4.69, 9.17) is 4.42 Å². The lowest BCUT2D eigenvalue weighted by Crippen LogP contribution is -2.27. The number of allylic oxidation sites excluding steroid dienone is 1. The van der Waals surface area contributed by atoms with Crippen molar-refractivity contribution in [2.45, 2.75) is 44.6 Å². The predicted octanol–water partition coefficient (Wildman–Crippen LogP) is 2.49. The van der Waals surface area contributed by atoms with Gasteiger partial charge in [0.2, 0.25) is 5.89 Å². The number of nitrogens with zero attached hydrogens (tertiary/aromatic N) is 3. The molecule has 0 aromatic carbocycles. The third-order valence-electron chi connectivity index (χ3n) is 3.83. The third kappa shape index (κ3) is 2.59. The van der Waals surface area contributed by atoms with Gasteiger partial charge in [0.05, 0.1) is 0 Å². The molecule has 0 saturated heterocycles. The summed E-state index contributed by atoms with van der Waals surface area (Å²) in [6.45, 7) is 0. The van der Waals surface area contributed by atoms with Crippen molar-refractivity contribution in [2.75, 3.05) is 0 Å². The molecule has 1 atom stereocenters. The van der Waals surface area contributed by atoms with Gasteiger partial charge >= 0.3 is 0 Å². The van der Waals surface area contributed by atoms with E-state index < -0.39 is 0 Å². The van der Waals surface area contributed by atoms with Crippen LogP contribution < -0.4 is 5.48 Å². The highest BCUT2D eigenvalue weighted by Crippen LogP contribution is 2.34. The quantitative estimate of drug-likeness (QED) is 0.814. The third-order valence-corrected chi connectivity index (χ3v) is 3.83. The second-order valence-corrected chi connectivity index (χ2v) is 5.09. The van der Waals surface area contributed by atoms with Crippen molar-refractivity contribution in [3.05, 3.63) is 17.9 Å². The lowest BCUT2D eigenvalue weighted by atomic mass is 9.84. The minimum atomic E-state index is -0.271. The first kappa shape index (κ1) is 12.5. The smallest absolute Gasteiger partial charge is 0.266 e. The van der Waals surface area contributed by atoms with E-state index in [1.807, 2.05) is 12.3 Å². The molecule has 19 heavy (non-hydrogen) atoms. The van der Waals surface area contributed by atoms with Gasteiger partial charge in [-0.2, -0.15) is 5.48 Å². The first-order chi connectivity index (χ1) is 9.38. The molecular weight excluding hydrogens is 244 g/mol. The highest BCUT2D eigenvalue weighted by atomic mass is 16.5. The number of aromatic nitrogens is 2. The second kappa shape index (κ2) is 5.63. The molecule has 0 amide bonds. The average Bonchev–Trinajstić information content (AvgIpc) is 3.11. The van der Waals surface area contributed by atoms with E-state index in [0.717, 1.165) is 25.0 Å². The molecule has 1 saturated carbocycles. The molecule has 1 aromatic heterocycles. The van der Waals surface area contributed by atoms with Crippen molar-refractivity contribution in [3.8, 4) is 0 Å². The summed E-state index contributed by atoms with van der Waals surface area (Å²) in [5.74, 6) is 1.24. The zero-order chi connectivity index (χ0) is 13.1. The summed E-state index contributed by atoms with van der Waals surface area (Å²) in [4.78, 5) is 4.17. The number of rotatable bonds is 4. The van der Waals surface area contributed by atoms with Gasteiger partial charge in [-0.05, 0) is 24.8 Å². The molecule has 0 bridgehead atoms. The molecule has 1 fully saturated rings. The normalized spacial score (nSPS) is 21.6. The van der Waals surface area contributed by atoms with Crippen LogP contribution in [-0.2, 0) is 0 Å².